The molecule has 0 bridgehead atoms. The van der Waals surface area contributed by atoms with Crippen LogP contribution in [0, 0.1) is 11.8 Å². The smallest absolute Gasteiger partial charge is 0.168 e. The van der Waals surface area contributed by atoms with E-state index < -0.39 is 0 Å². The van der Waals surface area contributed by atoms with Crippen LogP contribution in [0.4, 0.5) is 0 Å². The Morgan fingerprint density at radius 2 is 1.86 bits per heavy atom. The maximum Gasteiger partial charge on any atom is 0.168 e. The number of rotatable bonds is 3. The van der Waals surface area contributed by atoms with E-state index in [9.17, 15) is 0 Å². The SMILES string of the molecule is S=C(NCCc1ccccc1)N1CC[C@H]2CCCC[C@@H]2C1. The lowest BCUT2D eigenvalue weighted by molar-refractivity contribution is 0.129. The molecule has 0 radical (unpaired) electrons. The molecule has 3 heteroatoms. The Morgan fingerprint density at radius 1 is 1.10 bits per heavy atom. The average Bonchev–Trinajstić information content (AvgIpc) is 2.55. The van der Waals surface area contributed by atoms with Gasteiger partial charge in [0.1, 0.15) is 0 Å². The van der Waals surface area contributed by atoms with Crippen LogP contribution in [-0.4, -0.2) is 29.6 Å². The zero-order valence-corrected chi connectivity index (χ0v) is 13.6. The van der Waals surface area contributed by atoms with Gasteiger partial charge in [-0.1, -0.05) is 49.6 Å². The van der Waals surface area contributed by atoms with Crippen LogP contribution >= 0.6 is 12.2 Å². The summed E-state index contributed by atoms with van der Waals surface area (Å²) in [6.07, 6.45) is 8.11. The topological polar surface area (TPSA) is 15.3 Å². The van der Waals surface area contributed by atoms with Crippen LogP contribution in [0.15, 0.2) is 30.3 Å². The summed E-state index contributed by atoms with van der Waals surface area (Å²) in [6.45, 7) is 3.27. The third-order valence-electron chi connectivity index (χ3n) is 5.11. The van der Waals surface area contributed by atoms with E-state index in [-0.39, 0.29) is 0 Å². The maximum atomic E-state index is 5.60. The first-order valence-electron chi connectivity index (χ1n) is 8.39. The van der Waals surface area contributed by atoms with E-state index in [0.29, 0.717) is 0 Å². The zero-order valence-electron chi connectivity index (χ0n) is 12.8. The lowest BCUT2D eigenvalue weighted by Crippen LogP contribution is -2.48. The molecule has 1 aliphatic heterocycles. The van der Waals surface area contributed by atoms with Crippen LogP contribution < -0.4 is 5.32 Å². The first-order chi connectivity index (χ1) is 10.3. The highest BCUT2D eigenvalue weighted by Crippen LogP contribution is 2.35. The highest BCUT2D eigenvalue weighted by molar-refractivity contribution is 7.80. The highest BCUT2D eigenvalue weighted by atomic mass is 32.1. The number of piperidine rings is 1. The van der Waals surface area contributed by atoms with Crippen molar-refractivity contribution < 1.29 is 0 Å². The molecule has 0 spiro atoms. The number of nitrogens with zero attached hydrogens (tertiary/aromatic N) is 1. The van der Waals surface area contributed by atoms with Gasteiger partial charge in [0.25, 0.3) is 0 Å². The molecule has 1 aromatic carbocycles. The standard InChI is InChI=1S/C18H26N2S/c21-18(19-12-10-15-6-2-1-3-7-15)20-13-11-16-8-4-5-9-17(16)14-20/h1-3,6-7,16-17H,4-5,8-14H2,(H,19,21)/t16-,17-/m1/s1. The number of benzene rings is 1. The van der Waals surface area contributed by atoms with Crippen LogP contribution in [0.2, 0.25) is 0 Å². The minimum absolute atomic E-state index is 0.890. The van der Waals surface area contributed by atoms with E-state index in [2.05, 4.69) is 40.5 Å². The Balaban J connectivity index is 1.43. The van der Waals surface area contributed by atoms with E-state index in [1.807, 2.05) is 0 Å². The molecule has 1 aromatic rings. The second kappa shape index (κ2) is 7.26. The number of nitrogens with one attached hydrogen (secondary N) is 1. The lowest BCUT2D eigenvalue weighted by Gasteiger charge is -2.42. The molecule has 2 aliphatic rings. The second-order valence-electron chi connectivity index (χ2n) is 6.51. The monoisotopic (exact) mass is 302 g/mol. The van der Waals surface area contributed by atoms with E-state index >= 15 is 0 Å². The second-order valence-corrected chi connectivity index (χ2v) is 6.89. The predicted octanol–water partition coefficient (Wildman–Crippen LogP) is 3.62. The van der Waals surface area contributed by atoms with Gasteiger partial charge in [-0.25, -0.2) is 0 Å². The van der Waals surface area contributed by atoms with E-state index in [1.54, 1.807) is 0 Å². The van der Waals surface area contributed by atoms with Crippen molar-refractivity contribution in [1.29, 1.82) is 0 Å². The Bertz CT molecular complexity index is 460. The fraction of sp³-hybridized carbons (Fsp3) is 0.611. The Hall–Kier alpha value is -1.09. The molecule has 21 heavy (non-hydrogen) atoms. The number of likely N-dealkylation sites (tertiary alicyclic amines) is 1. The largest absolute Gasteiger partial charge is 0.362 e. The molecule has 2 nitrogen and oxygen atoms in total. The minimum Gasteiger partial charge on any atom is -0.362 e. The molecular formula is C18H26N2S. The van der Waals surface area contributed by atoms with Crippen molar-refractivity contribution in [3.63, 3.8) is 0 Å². The van der Waals surface area contributed by atoms with Crippen molar-refractivity contribution in [3.8, 4) is 0 Å². The summed E-state index contributed by atoms with van der Waals surface area (Å²) < 4.78 is 0. The summed E-state index contributed by atoms with van der Waals surface area (Å²) in [6, 6.07) is 10.6. The van der Waals surface area contributed by atoms with Gasteiger partial charge in [0.05, 0.1) is 0 Å². The fourth-order valence-electron chi connectivity index (χ4n) is 3.86. The maximum absolute atomic E-state index is 5.60. The third kappa shape index (κ3) is 3.97. The van der Waals surface area contributed by atoms with Crippen LogP contribution in [0.3, 0.4) is 0 Å². The lowest BCUT2D eigenvalue weighted by atomic mass is 9.75. The Morgan fingerprint density at radius 3 is 2.67 bits per heavy atom. The molecule has 1 aliphatic carbocycles. The first kappa shape index (κ1) is 14.8. The van der Waals surface area contributed by atoms with E-state index in [0.717, 1.165) is 36.5 Å². The first-order valence-corrected chi connectivity index (χ1v) is 8.80. The summed E-state index contributed by atoms with van der Waals surface area (Å²) in [5.41, 5.74) is 1.37. The summed E-state index contributed by atoms with van der Waals surface area (Å²) in [4.78, 5) is 2.41. The number of hydrogen-bond donors (Lipinski definition) is 1. The molecule has 3 rings (SSSR count). The van der Waals surface area contributed by atoms with Crippen molar-refractivity contribution in [2.75, 3.05) is 19.6 Å². The Labute approximate surface area is 133 Å². The van der Waals surface area contributed by atoms with Crippen molar-refractivity contribution in [1.82, 2.24) is 10.2 Å². The highest BCUT2D eigenvalue weighted by Gasteiger charge is 2.31. The van der Waals surface area contributed by atoms with Gasteiger partial charge < -0.3 is 10.2 Å². The van der Waals surface area contributed by atoms with Crippen LogP contribution in [0.1, 0.15) is 37.7 Å². The van der Waals surface area contributed by atoms with Gasteiger partial charge in [-0.3, -0.25) is 0 Å². The third-order valence-corrected chi connectivity index (χ3v) is 5.51. The van der Waals surface area contributed by atoms with Crippen molar-refractivity contribution in [2.24, 2.45) is 11.8 Å². The van der Waals surface area contributed by atoms with Crippen molar-refractivity contribution in [2.45, 2.75) is 38.5 Å². The molecule has 1 saturated carbocycles. The number of fused-ring (bicyclic) bond motifs is 1. The Kier molecular flexibility index (Phi) is 5.13. The van der Waals surface area contributed by atoms with Gasteiger partial charge >= 0.3 is 0 Å². The predicted molar refractivity (Wildman–Crippen MR) is 92.4 cm³/mol. The molecule has 114 valence electrons. The summed E-state index contributed by atoms with van der Waals surface area (Å²) >= 11 is 5.60. The molecule has 2 fully saturated rings. The van der Waals surface area contributed by atoms with Gasteiger partial charge in [-0.2, -0.15) is 0 Å². The molecular weight excluding hydrogens is 276 g/mol. The number of hydrogen-bond acceptors (Lipinski definition) is 1. The van der Waals surface area contributed by atoms with Crippen molar-refractivity contribution in [3.05, 3.63) is 35.9 Å². The van der Waals surface area contributed by atoms with Crippen LogP contribution in [0.25, 0.3) is 0 Å². The van der Waals surface area contributed by atoms with Gasteiger partial charge in [0.15, 0.2) is 5.11 Å². The van der Waals surface area contributed by atoms with E-state index in [4.69, 9.17) is 12.2 Å². The fourth-order valence-corrected chi connectivity index (χ4v) is 4.12. The molecule has 1 saturated heterocycles. The molecule has 1 N–H and O–H groups in total. The molecule has 0 amide bonds. The minimum atomic E-state index is 0.890. The van der Waals surface area contributed by atoms with Gasteiger partial charge in [0.2, 0.25) is 0 Å². The van der Waals surface area contributed by atoms with Gasteiger partial charge in [-0.15, -0.1) is 0 Å². The molecule has 1 heterocycles. The van der Waals surface area contributed by atoms with Crippen molar-refractivity contribution >= 4 is 17.3 Å². The zero-order chi connectivity index (χ0) is 14.5. The normalized spacial score (nSPS) is 25.2. The quantitative estimate of drug-likeness (QED) is 0.859. The molecule has 0 aromatic heterocycles. The summed E-state index contributed by atoms with van der Waals surface area (Å²) in [5.74, 6) is 1.86. The van der Waals surface area contributed by atoms with Crippen LogP contribution in [0.5, 0.6) is 0 Å². The molecule has 2 atom stereocenters. The number of thiocarbonyl (C=S) groups is 1. The molecule has 0 unspecified atom stereocenters. The van der Waals surface area contributed by atoms with Crippen LogP contribution in [-0.2, 0) is 6.42 Å². The summed E-state index contributed by atoms with van der Waals surface area (Å²) in [5, 5.41) is 4.42. The van der Waals surface area contributed by atoms with Gasteiger partial charge in [-0.05, 0) is 48.9 Å². The van der Waals surface area contributed by atoms with Gasteiger partial charge in [0, 0.05) is 19.6 Å². The summed E-state index contributed by atoms with van der Waals surface area (Å²) in [7, 11) is 0. The average molecular weight is 302 g/mol. The van der Waals surface area contributed by atoms with E-state index in [1.165, 1.54) is 44.2 Å².